The average molecular weight is 464 g/mol. The minimum Gasteiger partial charge on any atom is -0.488 e. The fourth-order valence-corrected chi connectivity index (χ4v) is 3.93. The Balaban J connectivity index is 1.80. The van der Waals surface area contributed by atoms with Crippen LogP contribution in [0.2, 0.25) is 5.02 Å². The van der Waals surface area contributed by atoms with Gasteiger partial charge in [0.15, 0.2) is 5.17 Å². The van der Waals surface area contributed by atoms with Crippen molar-refractivity contribution in [2.24, 2.45) is 4.99 Å². The largest absolute Gasteiger partial charge is 0.488 e. The number of halogens is 2. The lowest BCUT2D eigenvalue weighted by Crippen LogP contribution is -2.19. The SMILES string of the molecule is C=CCOc1ccc(/C=C2\SC(=Nc3ccc(Cl)cc3C)NC2=O)cc1Br. The predicted octanol–water partition coefficient (Wildman–Crippen LogP) is 5.87. The molecule has 7 heteroatoms. The van der Waals surface area contributed by atoms with E-state index in [2.05, 4.69) is 32.8 Å². The van der Waals surface area contributed by atoms with Crippen molar-refractivity contribution in [3.63, 3.8) is 0 Å². The molecule has 1 aliphatic rings. The van der Waals surface area contributed by atoms with Crippen molar-refractivity contribution in [2.75, 3.05) is 6.61 Å². The minimum atomic E-state index is -0.173. The fourth-order valence-electron chi connectivity index (χ4n) is 2.36. The number of amides is 1. The van der Waals surface area contributed by atoms with Gasteiger partial charge in [-0.1, -0.05) is 30.3 Å². The topological polar surface area (TPSA) is 50.7 Å². The number of ether oxygens (including phenoxy) is 1. The summed E-state index contributed by atoms with van der Waals surface area (Å²) in [6, 6.07) is 11.1. The molecule has 2 aromatic rings. The quantitative estimate of drug-likeness (QED) is 0.446. The Morgan fingerprint density at radius 2 is 2.15 bits per heavy atom. The second-order valence-corrected chi connectivity index (χ2v) is 8.02. The molecular formula is C20H16BrClN2O2S. The molecule has 4 nitrogen and oxygen atoms in total. The number of nitrogens with zero attached hydrogens (tertiary/aromatic N) is 1. The molecule has 1 aliphatic heterocycles. The molecule has 0 atom stereocenters. The third-order valence-electron chi connectivity index (χ3n) is 3.64. The van der Waals surface area contributed by atoms with Crippen LogP contribution in [-0.2, 0) is 4.79 Å². The zero-order chi connectivity index (χ0) is 19.4. The first-order valence-electron chi connectivity index (χ1n) is 8.05. The number of carbonyl (C=O) groups is 1. The molecule has 138 valence electrons. The highest BCUT2D eigenvalue weighted by molar-refractivity contribution is 9.10. The second kappa shape index (κ2) is 8.78. The van der Waals surface area contributed by atoms with Gasteiger partial charge in [-0.3, -0.25) is 4.79 Å². The van der Waals surface area contributed by atoms with Gasteiger partial charge >= 0.3 is 0 Å². The van der Waals surface area contributed by atoms with E-state index in [1.807, 2.05) is 43.3 Å². The van der Waals surface area contributed by atoms with Crippen LogP contribution in [0.4, 0.5) is 5.69 Å². The molecule has 0 aromatic heterocycles. The van der Waals surface area contributed by atoms with Gasteiger partial charge in [-0.2, -0.15) is 0 Å². The Labute approximate surface area is 175 Å². The zero-order valence-electron chi connectivity index (χ0n) is 14.5. The lowest BCUT2D eigenvalue weighted by atomic mass is 10.2. The Morgan fingerprint density at radius 3 is 2.85 bits per heavy atom. The first-order valence-corrected chi connectivity index (χ1v) is 10.0. The molecule has 1 N–H and O–H groups in total. The van der Waals surface area contributed by atoms with Gasteiger partial charge in [0, 0.05) is 5.02 Å². The number of amidine groups is 1. The highest BCUT2D eigenvalue weighted by atomic mass is 79.9. The number of carbonyl (C=O) groups excluding carboxylic acids is 1. The van der Waals surface area contributed by atoms with Gasteiger partial charge < -0.3 is 10.1 Å². The zero-order valence-corrected chi connectivity index (χ0v) is 17.6. The molecule has 1 fully saturated rings. The summed E-state index contributed by atoms with van der Waals surface area (Å²) < 4.78 is 6.35. The van der Waals surface area contributed by atoms with Crippen LogP contribution in [0.1, 0.15) is 11.1 Å². The molecule has 1 saturated heterocycles. The summed E-state index contributed by atoms with van der Waals surface area (Å²) in [5.41, 5.74) is 2.60. The van der Waals surface area contributed by atoms with Crippen LogP contribution in [0.3, 0.4) is 0 Å². The van der Waals surface area contributed by atoms with Crippen LogP contribution in [0, 0.1) is 6.92 Å². The van der Waals surface area contributed by atoms with Crippen molar-refractivity contribution in [2.45, 2.75) is 6.92 Å². The maximum atomic E-state index is 12.3. The van der Waals surface area contributed by atoms with Crippen LogP contribution in [0.5, 0.6) is 5.75 Å². The Morgan fingerprint density at radius 1 is 1.33 bits per heavy atom. The van der Waals surface area contributed by atoms with Gasteiger partial charge in [0.25, 0.3) is 5.91 Å². The van der Waals surface area contributed by atoms with E-state index < -0.39 is 0 Å². The van der Waals surface area contributed by atoms with Crippen LogP contribution in [0.25, 0.3) is 6.08 Å². The van der Waals surface area contributed by atoms with E-state index in [1.165, 1.54) is 11.8 Å². The van der Waals surface area contributed by atoms with Crippen LogP contribution >= 0.6 is 39.3 Å². The Bertz CT molecular complexity index is 972. The molecular weight excluding hydrogens is 448 g/mol. The maximum absolute atomic E-state index is 12.3. The van der Waals surface area contributed by atoms with E-state index in [4.69, 9.17) is 16.3 Å². The monoisotopic (exact) mass is 462 g/mol. The van der Waals surface area contributed by atoms with E-state index in [-0.39, 0.29) is 5.91 Å². The van der Waals surface area contributed by atoms with Gasteiger partial charge in [-0.25, -0.2) is 4.99 Å². The predicted molar refractivity (Wildman–Crippen MR) is 117 cm³/mol. The van der Waals surface area contributed by atoms with Crippen molar-refractivity contribution in [1.29, 1.82) is 0 Å². The van der Waals surface area contributed by atoms with Crippen molar-refractivity contribution >= 4 is 62.1 Å². The van der Waals surface area contributed by atoms with E-state index in [9.17, 15) is 4.79 Å². The lowest BCUT2D eigenvalue weighted by molar-refractivity contribution is -0.115. The number of aliphatic imine (C=N–C) groups is 1. The van der Waals surface area contributed by atoms with Gasteiger partial charge in [0.2, 0.25) is 0 Å². The van der Waals surface area contributed by atoms with Crippen molar-refractivity contribution in [1.82, 2.24) is 5.32 Å². The molecule has 3 rings (SSSR count). The van der Waals surface area contributed by atoms with Crippen LogP contribution in [-0.4, -0.2) is 17.7 Å². The van der Waals surface area contributed by atoms with Gasteiger partial charge in [0.05, 0.1) is 15.1 Å². The smallest absolute Gasteiger partial charge is 0.264 e. The van der Waals surface area contributed by atoms with Crippen molar-refractivity contribution in [3.05, 3.63) is 74.6 Å². The number of aryl methyl sites for hydroxylation is 1. The van der Waals surface area contributed by atoms with Gasteiger partial charge in [0.1, 0.15) is 12.4 Å². The van der Waals surface area contributed by atoms with Gasteiger partial charge in [-0.05, 0) is 82.2 Å². The summed E-state index contributed by atoms with van der Waals surface area (Å²) in [7, 11) is 0. The molecule has 1 heterocycles. The number of benzene rings is 2. The maximum Gasteiger partial charge on any atom is 0.264 e. The van der Waals surface area contributed by atoms with E-state index in [0.29, 0.717) is 21.7 Å². The highest BCUT2D eigenvalue weighted by Gasteiger charge is 2.24. The highest BCUT2D eigenvalue weighted by Crippen LogP contribution is 2.32. The average Bonchev–Trinajstić information content (AvgIpc) is 2.96. The summed E-state index contributed by atoms with van der Waals surface area (Å²) in [6.45, 7) is 5.99. The van der Waals surface area contributed by atoms with E-state index >= 15 is 0 Å². The number of nitrogens with one attached hydrogen (secondary N) is 1. The first kappa shape index (κ1) is 19.7. The summed E-state index contributed by atoms with van der Waals surface area (Å²) in [4.78, 5) is 17.4. The minimum absolute atomic E-state index is 0.173. The van der Waals surface area contributed by atoms with Crippen LogP contribution in [0.15, 0.2) is 63.4 Å². The molecule has 0 aliphatic carbocycles. The van der Waals surface area contributed by atoms with E-state index in [1.54, 1.807) is 12.1 Å². The standard InChI is InChI=1S/C20H16BrClN2O2S/c1-3-8-26-17-7-4-13(10-15(17)21)11-18-19(25)24-20(27-18)23-16-6-5-14(22)9-12(16)2/h3-7,9-11H,1,8H2,2H3,(H,23,24,25)/b18-11-. The molecule has 27 heavy (non-hydrogen) atoms. The Kier molecular flexibility index (Phi) is 6.42. The summed E-state index contributed by atoms with van der Waals surface area (Å²) in [5.74, 6) is 0.550. The summed E-state index contributed by atoms with van der Waals surface area (Å²) in [6.07, 6.45) is 3.50. The number of hydrogen-bond donors (Lipinski definition) is 1. The summed E-state index contributed by atoms with van der Waals surface area (Å²) in [5, 5.41) is 4.00. The van der Waals surface area contributed by atoms with Gasteiger partial charge in [-0.15, -0.1) is 0 Å². The molecule has 0 radical (unpaired) electrons. The summed E-state index contributed by atoms with van der Waals surface area (Å²) >= 11 is 10.8. The normalized spacial score (nSPS) is 16.6. The molecule has 0 bridgehead atoms. The molecule has 1 amide bonds. The number of hydrogen-bond acceptors (Lipinski definition) is 4. The number of thioether (sulfide) groups is 1. The van der Waals surface area contributed by atoms with Crippen molar-refractivity contribution in [3.8, 4) is 5.75 Å². The molecule has 0 unspecified atom stereocenters. The third-order valence-corrected chi connectivity index (χ3v) is 5.41. The first-order chi connectivity index (χ1) is 13.0. The van der Waals surface area contributed by atoms with Crippen molar-refractivity contribution < 1.29 is 9.53 Å². The number of rotatable bonds is 5. The fraction of sp³-hybridized carbons (Fsp3) is 0.100. The van der Waals surface area contributed by atoms with Crippen LogP contribution < -0.4 is 10.1 Å². The molecule has 0 saturated carbocycles. The Hall–Kier alpha value is -2.02. The second-order valence-electron chi connectivity index (χ2n) is 5.70. The lowest BCUT2D eigenvalue weighted by Gasteiger charge is -2.06. The molecule has 2 aromatic carbocycles. The third kappa shape index (κ3) is 5.03. The molecule has 0 spiro atoms. The van der Waals surface area contributed by atoms with E-state index in [0.717, 1.165) is 27.0 Å².